The number of benzene rings is 3. The number of H-pyrrole nitrogens is 1. The largest absolute Gasteiger partial charge is 0.493 e. The van der Waals surface area contributed by atoms with Gasteiger partial charge in [-0.25, -0.2) is 4.98 Å². The fourth-order valence-corrected chi connectivity index (χ4v) is 5.14. The van der Waals surface area contributed by atoms with Gasteiger partial charge in [0.1, 0.15) is 12.3 Å². The maximum absolute atomic E-state index is 13.7. The van der Waals surface area contributed by atoms with Crippen LogP contribution in [0, 0.1) is 0 Å². The summed E-state index contributed by atoms with van der Waals surface area (Å²) < 4.78 is 13.9. The molecule has 5 aromatic rings. The first-order valence-corrected chi connectivity index (χ1v) is 13.0. The molecule has 1 amide bonds. The van der Waals surface area contributed by atoms with E-state index in [1.165, 1.54) is 0 Å². The lowest BCUT2D eigenvalue weighted by Crippen LogP contribution is -2.31. The first kappa shape index (κ1) is 24.5. The Morgan fingerprint density at radius 3 is 2.49 bits per heavy atom. The molecule has 2 aromatic heterocycles. The van der Waals surface area contributed by atoms with E-state index in [0.717, 1.165) is 40.9 Å². The highest BCUT2D eigenvalue weighted by Gasteiger charge is 2.42. The van der Waals surface area contributed by atoms with Crippen molar-refractivity contribution in [2.24, 2.45) is 0 Å². The van der Waals surface area contributed by atoms with Crippen LogP contribution in [-0.4, -0.2) is 44.2 Å². The van der Waals surface area contributed by atoms with Gasteiger partial charge in [-0.1, -0.05) is 66.7 Å². The first-order valence-electron chi connectivity index (χ1n) is 13.0. The van der Waals surface area contributed by atoms with Crippen molar-refractivity contribution in [3.8, 4) is 22.8 Å². The lowest BCUT2D eigenvalue weighted by Gasteiger charge is -2.27. The number of carbonyl (C=O) groups excluding carboxylic acids is 1. The molecule has 1 aliphatic rings. The number of ether oxygens (including phenoxy) is 2. The number of fused-ring (bicyclic) bond motifs is 1. The zero-order chi connectivity index (χ0) is 26.6. The van der Waals surface area contributed by atoms with Crippen LogP contribution in [0.15, 0.2) is 97.6 Å². The van der Waals surface area contributed by atoms with Crippen LogP contribution in [0.25, 0.3) is 11.3 Å². The van der Waals surface area contributed by atoms with Gasteiger partial charge in [0.25, 0.3) is 5.91 Å². The molecule has 0 spiro atoms. The average molecular weight is 520 g/mol. The average Bonchev–Trinajstić information content (AvgIpc) is 3.72. The SMILES string of the molecule is COc1cc(C2c3c(-c4ccccc4)n[nH]c3C(=O)N2CCCn2ccnc2)ccc1OCc1ccccc1. The summed E-state index contributed by atoms with van der Waals surface area (Å²) in [6.45, 7) is 1.78. The minimum atomic E-state index is -0.318. The monoisotopic (exact) mass is 519 g/mol. The van der Waals surface area contributed by atoms with Crippen molar-refractivity contribution >= 4 is 5.91 Å². The Labute approximate surface area is 226 Å². The normalized spacial score (nSPS) is 14.4. The zero-order valence-electron chi connectivity index (χ0n) is 21.7. The quantitative estimate of drug-likeness (QED) is 0.264. The summed E-state index contributed by atoms with van der Waals surface area (Å²) in [4.78, 5) is 19.7. The fourth-order valence-electron chi connectivity index (χ4n) is 5.14. The number of aromatic amines is 1. The van der Waals surface area contributed by atoms with Gasteiger partial charge in [0.2, 0.25) is 0 Å². The third-order valence-corrected chi connectivity index (χ3v) is 7.03. The second kappa shape index (κ2) is 10.9. The summed E-state index contributed by atoms with van der Waals surface area (Å²) in [7, 11) is 1.63. The molecule has 0 saturated heterocycles. The van der Waals surface area contributed by atoms with Crippen LogP contribution in [-0.2, 0) is 13.2 Å². The van der Waals surface area contributed by atoms with Crippen LogP contribution >= 0.6 is 0 Å². The van der Waals surface area contributed by atoms with Gasteiger partial charge in [-0.05, 0) is 29.7 Å². The number of hydrogen-bond donors (Lipinski definition) is 1. The van der Waals surface area contributed by atoms with Crippen LogP contribution in [0.2, 0.25) is 0 Å². The lowest BCUT2D eigenvalue weighted by atomic mass is 9.95. The molecule has 196 valence electrons. The molecule has 3 aromatic carbocycles. The maximum atomic E-state index is 13.7. The molecule has 0 saturated carbocycles. The van der Waals surface area contributed by atoms with Crippen molar-refractivity contribution in [1.29, 1.82) is 0 Å². The Hall–Kier alpha value is -4.85. The predicted octanol–water partition coefficient (Wildman–Crippen LogP) is 5.50. The van der Waals surface area contributed by atoms with Crippen molar-refractivity contribution in [3.05, 3.63) is 120 Å². The van der Waals surface area contributed by atoms with E-state index in [9.17, 15) is 4.79 Å². The van der Waals surface area contributed by atoms with Crippen LogP contribution in [0.1, 0.15) is 39.6 Å². The first-order chi connectivity index (χ1) is 19.2. The Kier molecular flexibility index (Phi) is 6.82. The fraction of sp³-hybridized carbons (Fsp3) is 0.194. The van der Waals surface area contributed by atoms with Gasteiger partial charge in [0.05, 0.1) is 25.2 Å². The van der Waals surface area contributed by atoms with Gasteiger partial charge in [0, 0.05) is 36.6 Å². The molecule has 8 nitrogen and oxygen atoms in total. The second-order valence-corrected chi connectivity index (χ2v) is 9.47. The second-order valence-electron chi connectivity index (χ2n) is 9.47. The third kappa shape index (κ3) is 4.88. The molecule has 0 radical (unpaired) electrons. The standard InChI is InChI=1S/C31H29N5O3/c1-38-26-19-24(13-14-25(26)39-20-22-9-4-2-5-10-22)30-27-28(23-11-6-3-7-12-23)33-34-29(27)31(37)36(30)17-8-16-35-18-15-32-21-35/h2-7,9-15,18-19,21,30H,8,16-17,20H2,1H3,(H,33,34). The number of nitrogens with zero attached hydrogens (tertiary/aromatic N) is 4. The zero-order valence-corrected chi connectivity index (χ0v) is 21.7. The molecule has 1 N–H and O–H groups in total. The van der Waals surface area contributed by atoms with Crippen LogP contribution in [0.3, 0.4) is 0 Å². The number of carbonyl (C=O) groups is 1. The molecule has 1 atom stereocenters. The van der Waals surface area contributed by atoms with E-state index >= 15 is 0 Å². The lowest BCUT2D eigenvalue weighted by molar-refractivity contribution is 0.0739. The minimum Gasteiger partial charge on any atom is -0.493 e. The molecule has 8 heteroatoms. The summed E-state index contributed by atoms with van der Waals surface area (Å²) in [5.74, 6) is 1.21. The Bertz CT molecular complexity index is 1550. The Morgan fingerprint density at radius 2 is 1.74 bits per heavy atom. The van der Waals surface area contributed by atoms with E-state index in [1.54, 1.807) is 19.6 Å². The van der Waals surface area contributed by atoms with Crippen LogP contribution in [0.4, 0.5) is 0 Å². The molecule has 0 aliphatic carbocycles. The molecule has 39 heavy (non-hydrogen) atoms. The molecular formula is C31H29N5O3. The number of aromatic nitrogens is 4. The van der Waals surface area contributed by atoms with E-state index in [-0.39, 0.29) is 11.9 Å². The Morgan fingerprint density at radius 1 is 0.949 bits per heavy atom. The summed E-state index contributed by atoms with van der Waals surface area (Å²) in [5, 5.41) is 7.61. The highest BCUT2D eigenvalue weighted by atomic mass is 16.5. The van der Waals surface area contributed by atoms with Gasteiger partial charge < -0.3 is 18.9 Å². The Balaban J connectivity index is 1.34. The van der Waals surface area contributed by atoms with Gasteiger partial charge >= 0.3 is 0 Å². The number of hydrogen-bond acceptors (Lipinski definition) is 5. The summed E-state index contributed by atoms with van der Waals surface area (Å²) in [5.41, 5.74) is 5.17. The summed E-state index contributed by atoms with van der Waals surface area (Å²) >= 11 is 0. The van der Waals surface area contributed by atoms with Crippen molar-refractivity contribution in [3.63, 3.8) is 0 Å². The molecular weight excluding hydrogens is 490 g/mol. The number of rotatable bonds is 10. The van der Waals surface area contributed by atoms with E-state index < -0.39 is 0 Å². The molecule has 6 rings (SSSR count). The van der Waals surface area contributed by atoms with Crippen LogP contribution < -0.4 is 9.47 Å². The topological polar surface area (TPSA) is 85.3 Å². The number of nitrogens with one attached hydrogen (secondary N) is 1. The summed E-state index contributed by atoms with van der Waals surface area (Å²) in [6.07, 6.45) is 6.27. The molecule has 1 unspecified atom stereocenters. The number of aryl methyl sites for hydroxylation is 1. The van der Waals surface area contributed by atoms with Crippen molar-refractivity contribution in [1.82, 2.24) is 24.6 Å². The van der Waals surface area contributed by atoms with E-state index in [4.69, 9.17) is 9.47 Å². The van der Waals surface area contributed by atoms with Crippen molar-refractivity contribution in [2.45, 2.75) is 25.6 Å². The third-order valence-electron chi connectivity index (χ3n) is 7.03. The number of methoxy groups -OCH3 is 1. The molecule has 0 bridgehead atoms. The molecule has 1 aliphatic heterocycles. The van der Waals surface area contributed by atoms with Gasteiger partial charge in [-0.2, -0.15) is 5.10 Å². The van der Waals surface area contributed by atoms with Crippen LogP contribution in [0.5, 0.6) is 11.5 Å². The van der Waals surface area contributed by atoms with E-state index in [2.05, 4.69) is 15.2 Å². The van der Waals surface area contributed by atoms with Crippen molar-refractivity contribution < 1.29 is 14.3 Å². The van der Waals surface area contributed by atoms with Crippen molar-refractivity contribution in [2.75, 3.05) is 13.7 Å². The molecule has 0 fully saturated rings. The predicted molar refractivity (Wildman–Crippen MR) is 148 cm³/mol. The van der Waals surface area contributed by atoms with E-state index in [0.29, 0.717) is 30.3 Å². The summed E-state index contributed by atoms with van der Waals surface area (Å²) in [6, 6.07) is 25.6. The van der Waals surface area contributed by atoms with E-state index in [1.807, 2.05) is 94.5 Å². The maximum Gasteiger partial charge on any atom is 0.273 e. The van der Waals surface area contributed by atoms with Gasteiger partial charge in [0.15, 0.2) is 11.5 Å². The van der Waals surface area contributed by atoms with Gasteiger partial charge in [-0.15, -0.1) is 0 Å². The number of imidazole rings is 1. The molecule has 3 heterocycles. The smallest absolute Gasteiger partial charge is 0.273 e. The van der Waals surface area contributed by atoms with Gasteiger partial charge in [-0.3, -0.25) is 9.89 Å². The highest BCUT2D eigenvalue weighted by molar-refractivity contribution is 6.00. The minimum absolute atomic E-state index is 0.0568. The number of amides is 1. The highest BCUT2D eigenvalue weighted by Crippen LogP contribution is 2.44.